The van der Waals surface area contributed by atoms with Crippen molar-refractivity contribution < 1.29 is 0 Å². The Bertz CT molecular complexity index is 645. The molecule has 0 aliphatic rings. The lowest BCUT2D eigenvalue weighted by molar-refractivity contribution is 0.629. The molecule has 0 saturated carbocycles. The van der Waals surface area contributed by atoms with Gasteiger partial charge >= 0.3 is 0 Å². The van der Waals surface area contributed by atoms with Gasteiger partial charge < -0.3 is 10.3 Å². The number of nitrogens with zero attached hydrogens (tertiary/aromatic N) is 3. The Morgan fingerprint density at radius 1 is 1.53 bits per heavy atom. The summed E-state index contributed by atoms with van der Waals surface area (Å²) in [5, 5.41) is 10.2. The summed E-state index contributed by atoms with van der Waals surface area (Å²) < 4.78 is 2.01. The average molecular weight is 274 g/mol. The van der Waals surface area contributed by atoms with Gasteiger partial charge in [-0.3, -0.25) is 0 Å². The summed E-state index contributed by atoms with van der Waals surface area (Å²) in [6, 6.07) is 2.25. The fourth-order valence-corrected chi connectivity index (χ4v) is 3.18. The van der Waals surface area contributed by atoms with Crippen LogP contribution in [0.3, 0.4) is 0 Å². The van der Waals surface area contributed by atoms with Crippen molar-refractivity contribution in [2.75, 3.05) is 5.73 Å². The van der Waals surface area contributed by atoms with E-state index in [1.165, 1.54) is 4.88 Å². The molecule has 0 aliphatic carbocycles. The molecular weight excluding hydrogens is 256 g/mol. The summed E-state index contributed by atoms with van der Waals surface area (Å²) >= 11 is 1.71. The first-order valence-electron chi connectivity index (χ1n) is 6.32. The molecule has 1 atom stereocenters. The van der Waals surface area contributed by atoms with Crippen LogP contribution in [-0.2, 0) is 6.42 Å². The number of nitriles is 1. The number of anilines is 1. The number of aromatic nitrogens is 2. The highest BCUT2D eigenvalue weighted by Crippen LogP contribution is 2.32. The van der Waals surface area contributed by atoms with Gasteiger partial charge in [-0.05, 0) is 32.8 Å². The van der Waals surface area contributed by atoms with E-state index in [0.717, 1.165) is 22.7 Å². The maximum absolute atomic E-state index is 9.18. The van der Waals surface area contributed by atoms with Gasteiger partial charge in [-0.25, -0.2) is 4.98 Å². The van der Waals surface area contributed by atoms with Gasteiger partial charge in [-0.15, -0.1) is 11.3 Å². The van der Waals surface area contributed by atoms with Gasteiger partial charge in [0.2, 0.25) is 0 Å². The Kier molecular flexibility index (Phi) is 3.63. The van der Waals surface area contributed by atoms with E-state index in [2.05, 4.69) is 24.9 Å². The zero-order chi connectivity index (χ0) is 14.2. The summed E-state index contributed by atoms with van der Waals surface area (Å²) in [5.41, 5.74) is 8.68. The van der Waals surface area contributed by atoms with Crippen LogP contribution in [0.5, 0.6) is 0 Å². The number of hydrogen-bond acceptors (Lipinski definition) is 4. The maximum atomic E-state index is 9.18. The average Bonchev–Trinajstić information content (AvgIpc) is 2.94. The van der Waals surface area contributed by atoms with Crippen LogP contribution < -0.4 is 5.73 Å². The van der Waals surface area contributed by atoms with E-state index >= 15 is 0 Å². The fraction of sp³-hybridized carbons (Fsp3) is 0.429. The van der Waals surface area contributed by atoms with Crippen molar-refractivity contribution in [2.24, 2.45) is 0 Å². The molecule has 2 aromatic heterocycles. The maximum Gasteiger partial charge on any atom is 0.122 e. The molecule has 2 rings (SSSR count). The van der Waals surface area contributed by atoms with Crippen LogP contribution in [0.1, 0.15) is 46.6 Å². The molecule has 0 radical (unpaired) electrons. The molecule has 0 saturated heterocycles. The van der Waals surface area contributed by atoms with Crippen LogP contribution in [0.25, 0.3) is 0 Å². The van der Waals surface area contributed by atoms with Crippen molar-refractivity contribution in [3.63, 3.8) is 0 Å². The molecule has 0 amide bonds. The van der Waals surface area contributed by atoms with Gasteiger partial charge in [0.15, 0.2) is 0 Å². The van der Waals surface area contributed by atoms with Gasteiger partial charge in [0.25, 0.3) is 0 Å². The highest BCUT2D eigenvalue weighted by Gasteiger charge is 2.21. The van der Waals surface area contributed by atoms with Crippen LogP contribution in [0.2, 0.25) is 0 Å². The van der Waals surface area contributed by atoms with E-state index in [0.29, 0.717) is 11.4 Å². The normalized spacial score (nSPS) is 12.4. The Balaban J connectivity index is 2.50. The molecule has 0 bridgehead atoms. The van der Waals surface area contributed by atoms with Crippen LogP contribution >= 0.6 is 11.3 Å². The number of thiazole rings is 1. The topological polar surface area (TPSA) is 67.6 Å². The second kappa shape index (κ2) is 5.06. The van der Waals surface area contributed by atoms with Crippen LogP contribution in [0, 0.1) is 25.2 Å². The molecule has 2 aromatic rings. The van der Waals surface area contributed by atoms with Crippen LogP contribution in [0.4, 0.5) is 5.82 Å². The van der Waals surface area contributed by atoms with E-state index in [9.17, 15) is 5.26 Å². The lowest BCUT2D eigenvalue weighted by Gasteiger charge is -2.15. The van der Waals surface area contributed by atoms with E-state index in [-0.39, 0.29) is 6.04 Å². The largest absolute Gasteiger partial charge is 0.384 e. The summed E-state index contributed by atoms with van der Waals surface area (Å²) in [7, 11) is 0. The standard InChI is InChI=1S/C14H18N4S/c1-5-11-7-17-14(19-11)10(4)18-9(3)8(2)12(6-15)13(18)16/h7,10H,5,16H2,1-4H3. The number of hydrogen-bond donors (Lipinski definition) is 1. The Morgan fingerprint density at radius 3 is 2.68 bits per heavy atom. The zero-order valence-corrected chi connectivity index (χ0v) is 12.5. The first-order chi connectivity index (χ1) is 9.01. The summed E-state index contributed by atoms with van der Waals surface area (Å²) in [6.45, 7) is 8.13. The molecule has 0 aliphatic heterocycles. The second-order valence-corrected chi connectivity index (χ2v) is 5.79. The second-order valence-electron chi connectivity index (χ2n) is 4.65. The third kappa shape index (κ3) is 2.13. The monoisotopic (exact) mass is 274 g/mol. The van der Waals surface area contributed by atoms with Crippen LogP contribution in [-0.4, -0.2) is 9.55 Å². The number of rotatable bonds is 3. The Morgan fingerprint density at radius 2 is 2.21 bits per heavy atom. The van der Waals surface area contributed by atoms with Gasteiger partial charge in [0.05, 0.1) is 11.6 Å². The zero-order valence-electron chi connectivity index (χ0n) is 11.7. The Labute approximate surface area is 117 Å². The summed E-state index contributed by atoms with van der Waals surface area (Å²) in [4.78, 5) is 5.74. The molecule has 2 heterocycles. The summed E-state index contributed by atoms with van der Waals surface area (Å²) in [5.74, 6) is 0.540. The number of aryl methyl sites for hydroxylation is 1. The first kappa shape index (κ1) is 13.6. The van der Waals surface area contributed by atoms with Gasteiger partial charge in [0, 0.05) is 16.8 Å². The predicted molar refractivity (Wildman–Crippen MR) is 78.3 cm³/mol. The minimum atomic E-state index is 0.0612. The van der Waals surface area contributed by atoms with Crippen molar-refractivity contribution in [3.8, 4) is 6.07 Å². The third-order valence-electron chi connectivity index (χ3n) is 3.57. The van der Waals surface area contributed by atoms with Crippen molar-refractivity contribution in [1.29, 1.82) is 5.26 Å². The summed E-state index contributed by atoms with van der Waals surface area (Å²) in [6.07, 6.45) is 2.91. The highest BCUT2D eigenvalue weighted by molar-refractivity contribution is 7.11. The lowest BCUT2D eigenvalue weighted by atomic mass is 10.2. The van der Waals surface area contributed by atoms with Crippen molar-refractivity contribution in [1.82, 2.24) is 9.55 Å². The molecule has 19 heavy (non-hydrogen) atoms. The minimum absolute atomic E-state index is 0.0612. The van der Waals surface area contributed by atoms with Gasteiger partial charge in [-0.2, -0.15) is 5.26 Å². The smallest absolute Gasteiger partial charge is 0.122 e. The molecule has 100 valence electrons. The van der Waals surface area contributed by atoms with E-state index in [1.54, 1.807) is 11.3 Å². The first-order valence-corrected chi connectivity index (χ1v) is 7.14. The number of nitrogen functional groups attached to an aromatic ring is 1. The predicted octanol–water partition coefficient (Wildman–Crippen LogP) is 3.19. The third-order valence-corrected chi connectivity index (χ3v) is 4.88. The molecular formula is C14H18N4S. The fourth-order valence-electron chi connectivity index (χ4n) is 2.28. The SMILES string of the molecule is CCc1cnc(C(C)n2c(C)c(C)c(C#N)c2N)s1. The highest BCUT2D eigenvalue weighted by atomic mass is 32.1. The quantitative estimate of drug-likeness (QED) is 0.934. The van der Waals surface area contributed by atoms with E-state index < -0.39 is 0 Å². The molecule has 0 fully saturated rings. The molecule has 0 aromatic carbocycles. The van der Waals surface area contributed by atoms with Gasteiger partial charge in [-0.1, -0.05) is 6.92 Å². The van der Waals surface area contributed by atoms with E-state index in [1.807, 2.05) is 24.6 Å². The van der Waals surface area contributed by atoms with Crippen molar-refractivity contribution in [2.45, 2.75) is 40.2 Å². The number of nitrogens with two attached hydrogens (primary N) is 1. The van der Waals surface area contributed by atoms with E-state index in [4.69, 9.17) is 5.73 Å². The van der Waals surface area contributed by atoms with Gasteiger partial charge in [0.1, 0.15) is 16.9 Å². The Hall–Kier alpha value is -1.80. The molecule has 4 nitrogen and oxygen atoms in total. The van der Waals surface area contributed by atoms with Crippen molar-refractivity contribution in [3.05, 3.63) is 32.9 Å². The van der Waals surface area contributed by atoms with Crippen molar-refractivity contribution >= 4 is 17.2 Å². The molecule has 5 heteroatoms. The molecule has 2 N–H and O–H groups in total. The minimum Gasteiger partial charge on any atom is -0.384 e. The van der Waals surface area contributed by atoms with Crippen LogP contribution in [0.15, 0.2) is 6.20 Å². The molecule has 0 spiro atoms. The lowest BCUT2D eigenvalue weighted by Crippen LogP contribution is -2.11. The molecule has 1 unspecified atom stereocenters.